The molecule has 41 heavy (non-hydrogen) atoms. The van der Waals surface area contributed by atoms with E-state index in [0.717, 1.165) is 0 Å². The maximum absolute atomic E-state index is 8.43. The summed E-state index contributed by atoms with van der Waals surface area (Å²) in [6.07, 6.45) is 0. The number of hydrogen-bond donors (Lipinski definition) is 0. The van der Waals surface area contributed by atoms with Gasteiger partial charge in [-0.2, -0.15) is 0 Å². The van der Waals surface area contributed by atoms with Crippen LogP contribution in [0.3, 0.4) is 0 Å². The summed E-state index contributed by atoms with van der Waals surface area (Å²) in [6, 6.07) is 66.0. The van der Waals surface area contributed by atoms with Crippen molar-refractivity contribution >= 4 is 58.0 Å². The molecule has 0 atom stereocenters. The normalized spacial score (nSPS) is 11.6. The molecule has 0 radical (unpaired) electrons. The van der Waals surface area contributed by atoms with Gasteiger partial charge < -0.3 is 0 Å². The Bertz CT molecular complexity index is 1310. The van der Waals surface area contributed by atoms with Crippen molar-refractivity contribution in [1.82, 2.24) is 0 Å². The summed E-state index contributed by atoms with van der Waals surface area (Å²) in [5.41, 5.74) is 0. The minimum Gasteiger partial charge on any atom is -0.0620 e. The predicted molar refractivity (Wildman–Crippen MR) is 180 cm³/mol. The van der Waals surface area contributed by atoms with Crippen molar-refractivity contribution < 1.29 is 20.4 Å². The topological polar surface area (TPSA) is 0 Å². The van der Waals surface area contributed by atoms with Crippen LogP contribution in [0.4, 0.5) is 0 Å². The van der Waals surface area contributed by atoms with Crippen LogP contribution in [0.1, 0.15) is 0 Å². The molecule has 0 fully saturated rings. The zero-order valence-corrected chi connectivity index (χ0v) is 26.6. The summed E-state index contributed by atoms with van der Waals surface area (Å²) in [6.45, 7) is 0. The van der Waals surface area contributed by atoms with Crippen molar-refractivity contribution in [1.29, 1.82) is 0 Å². The molecule has 6 rings (SSSR count). The largest absolute Gasteiger partial charge is 0.268 e. The maximum atomic E-state index is 8.43. The minimum atomic E-state index is -2.45. The summed E-state index contributed by atoms with van der Waals surface area (Å²) in [5.74, 6) is 0. The summed E-state index contributed by atoms with van der Waals surface area (Å²) < 4.78 is 0. The molecule has 0 unspecified atom stereocenters. The van der Waals surface area contributed by atoms with Crippen LogP contribution in [0.25, 0.3) is 0 Å². The first-order valence-corrected chi connectivity index (χ1v) is 17.7. The first-order valence-electron chi connectivity index (χ1n) is 13.5. The van der Waals surface area contributed by atoms with E-state index in [1.54, 1.807) is 0 Å². The monoisotopic (exact) mass is 678 g/mol. The molecule has 4 heteroatoms. The third-order valence-electron chi connectivity index (χ3n) is 7.62. The molecule has 0 aliphatic heterocycles. The van der Waals surface area contributed by atoms with Crippen molar-refractivity contribution in [3.05, 3.63) is 182 Å². The van der Waals surface area contributed by atoms with E-state index in [9.17, 15) is 0 Å². The molecular formula is C37H31ClP2Pd+2. The van der Waals surface area contributed by atoms with Gasteiger partial charge in [-0.1, -0.05) is 109 Å². The smallest absolute Gasteiger partial charge is 0.0620 e. The van der Waals surface area contributed by atoms with Crippen LogP contribution in [-0.2, 0) is 20.4 Å². The molecule has 0 saturated heterocycles. The number of alkyl halides is 1. The second-order valence-corrected chi connectivity index (χ2v) is 18.2. The van der Waals surface area contributed by atoms with Crippen LogP contribution in [-0.4, -0.2) is 4.86 Å². The quantitative estimate of drug-likeness (QED) is 0.0889. The predicted octanol–water partition coefficient (Wildman–Crippen LogP) is 7.49. The molecule has 0 aromatic heterocycles. The Kier molecular flexibility index (Phi) is 9.69. The summed E-state index contributed by atoms with van der Waals surface area (Å²) >= 11 is 8.43. The first-order chi connectivity index (χ1) is 19.8. The van der Waals surface area contributed by atoms with Crippen LogP contribution >= 0.6 is 26.1 Å². The maximum Gasteiger partial charge on any atom is 0.268 e. The van der Waals surface area contributed by atoms with Gasteiger partial charge in [0, 0.05) is 20.4 Å². The van der Waals surface area contributed by atoms with Crippen LogP contribution in [0.15, 0.2) is 182 Å². The van der Waals surface area contributed by atoms with E-state index in [2.05, 4.69) is 182 Å². The van der Waals surface area contributed by atoms with Crippen molar-refractivity contribution in [2.45, 2.75) is 4.86 Å². The number of benzene rings is 6. The molecule has 0 saturated carbocycles. The van der Waals surface area contributed by atoms with Crippen molar-refractivity contribution in [3.63, 3.8) is 0 Å². The van der Waals surface area contributed by atoms with Gasteiger partial charge in [0.1, 0.15) is 31.8 Å². The zero-order chi connectivity index (χ0) is 27.3. The van der Waals surface area contributed by atoms with Gasteiger partial charge in [-0.05, 0) is 84.4 Å². The zero-order valence-electron chi connectivity index (χ0n) is 22.5. The molecule has 204 valence electrons. The fourth-order valence-corrected chi connectivity index (χ4v) is 19.5. The second-order valence-electron chi connectivity index (χ2n) is 9.77. The Balaban J connectivity index is 0.00000337. The molecule has 0 spiro atoms. The number of halogens is 1. The van der Waals surface area contributed by atoms with Crippen LogP contribution in [0, 0.1) is 0 Å². The van der Waals surface area contributed by atoms with Crippen molar-refractivity contribution in [2.24, 2.45) is 0 Å². The van der Waals surface area contributed by atoms with E-state index in [4.69, 9.17) is 11.6 Å². The standard InChI is InChI=1S/C37H31ClP2.Pd/c38-37(39(31-19-7-1-8-20-31,32-21-9-2-10-22-32)33-23-11-3-12-24-33)40(34-25-13-4-14-26-34,35-27-15-5-16-28-35)36-29-17-6-18-30-36;/h1-30,37H;/q+2;. The Hall–Kier alpha value is -2.87. The van der Waals surface area contributed by atoms with Gasteiger partial charge in [-0.15, -0.1) is 0 Å². The minimum absolute atomic E-state index is 0. The Morgan fingerprint density at radius 3 is 0.585 bits per heavy atom. The van der Waals surface area contributed by atoms with Gasteiger partial charge in [-0.25, -0.2) is 0 Å². The molecule has 6 aromatic rings. The third kappa shape index (κ3) is 5.28. The van der Waals surface area contributed by atoms with E-state index in [1.807, 2.05) is 0 Å². The third-order valence-corrected chi connectivity index (χ3v) is 19.4. The van der Waals surface area contributed by atoms with Gasteiger partial charge >= 0.3 is 0 Å². The molecular weight excluding hydrogens is 648 g/mol. The van der Waals surface area contributed by atoms with E-state index in [-0.39, 0.29) is 25.3 Å². The SMILES string of the molecule is ClC([P+](c1ccccc1)(c1ccccc1)c1ccccc1)[P+](c1ccccc1)(c1ccccc1)c1ccccc1.[Pd]. The average Bonchev–Trinajstić information content (AvgIpc) is 3.05. The number of hydrogen-bond acceptors (Lipinski definition) is 0. The summed E-state index contributed by atoms with van der Waals surface area (Å²) in [4.78, 5) is -0.251. The van der Waals surface area contributed by atoms with Crippen molar-refractivity contribution in [3.8, 4) is 0 Å². The molecule has 0 amide bonds. The Morgan fingerprint density at radius 2 is 0.439 bits per heavy atom. The molecule has 0 aliphatic carbocycles. The molecule has 0 aliphatic rings. The van der Waals surface area contributed by atoms with Gasteiger partial charge in [-0.3, -0.25) is 0 Å². The van der Waals surface area contributed by atoms with Crippen LogP contribution < -0.4 is 31.8 Å². The molecule has 6 aromatic carbocycles. The fraction of sp³-hybridized carbons (Fsp3) is 0.0270. The first kappa shape index (κ1) is 29.6. The van der Waals surface area contributed by atoms with Crippen LogP contribution in [0.2, 0.25) is 0 Å². The summed E-state index contributed by atoms with van der Waals surface area (Å²) in [5, 5.41) is 7.75. The van der Waals surface area contributed by atoms with E-state index >= 15 is 0 Å². The average molecular weight is 679 g/mol. The van der Waals surface area contributed by atoms with E-state index in [0.29, 0.717) is 0 Å². The fourth-order valence-electron chi connectivity index (χ4n) is 5.87. The van der Waals surface area contributed by atoms with E-state index in [1.165, 1.54) is 31.8 Å². The molecule has 0 nitrogen and oxygen atoms in total. The molecule has 0 bridgehead atoms. The van der Waals surface area contributed by atoms with Gasteiger partial charge in [0.25, 0.3) is 4.86 Å². The van der Waals surface area contributed by atoms with Gasteiger partial charge in [0.2, 0.25) is 0 Å². The second kappa shape index (κ2) is 13.4. The van der Waals surface area contributed by atoms with Crippen molar-refractivity contribution in [2.75, 3.05) is 0 Å². The molecule has 0 heterocycles. The summed E-state index contributed by atoms with van der Waals surface area (Å²) in [7, 11) is -4.89. The van der Waals surface area contributed by atoms with E-state index < -0.39 is 14.5 Å². The van der Waals surface area contributed by atoms with Crippen LogP contribution in [0.5, 0.6) is 0 Å². The van der Waals surface area contributed by atoms with Gasteiger partial charge in [0.05, 0.1) is 0 Å². The molecule has 0 N–H and O–H groups in total. The Morgan fingerprint density at radius 1 is 0.293 bits per heavy atom. The van der Waals surface area contributed by atoms with Gasteiger partial charge in [0.15, 0.2) is 14.5 Å². The Labute approximate surface area is 263 Å². The number of rotatable bonds is 8.